The van der Waals surface area contributed by atoms with Gasteiger partial charge in [0.05, 0.1) is 21.3 Å². The second-order valence-electron chi connectivity index (χ2n) is 6.62. The monoisotopic (exact) mass is 494 g/mol. The second kappa shape index (κ2) is 9.97. The zero-order chi connectivity index (χ0) is 24.2. The molecular formula is C22H20ClFN2O6S. The third-order valence-corrected chi connectivity index (χ3v) is 6.17. The number of carbonyl (C=O) groups excluding carboxylic acids is 1. The summed E-state index contributed by atoms with van der Waals surface area (Å²) in [5.41, 5.74) is 0.285. The Bertz CT molecular complexity index is 1260. The van der Waals surface area contributed by atoms with E-state index in [4.69, 9.17) is 25.8 Å². The molecule has 0 saturated heterocycles. The Labute approximate surface area is 195 Å². The van der Waals surface area contributed by atoms with Crippen LogP contribution in [0, 0.1) is 5.82 Å². The maximum absolute atomic E-state index is 14.4. The molecule has 0 aliphatic rings. The highest BCUT2D eigenvalue weighted by atomic mass is 35.5. The van der Waals surface area contributed by atoms with Crippen LogP contribution in [0.2, 0.25) is 5.02 Å². The highest BCUT2D eigenvalue weighted by Gasteiger charge is 2.23. The van der Waals surface area contributed by atoms with Gasteiger partial charge in [0, 0.05) is 28.5 Å². The molecule has 174 valence electrons. The zero-order valence-electron chi connectivity index (χ0n) is 17.8. The van der Waals surface area contributed by atoms with Gasteiger partial charge in [-0.1, -0.05) is 11.6 Å². The Morgan fingerprint density at radius 1 is 0.879 bits per heavy atom. The lowest BCUT2D eigenvalue weighted by atomic mass is 10.1. The fourth-order valence-corrected chi connectivity index (χ4v) is 4.23. The molecule has 0 atom stereocenters. The smallest absolute Gasteiger partial charge is 0.264 e. The predicted octanol–water partition coefficient (Wildman–Crippen LogP) is 4.56. The van der Waals surface area contributed by atoms with Crippen LogP contribution < -0.4 is 24.2 Å². The molecule has 0 radical (unpaired) electrons. The molecule has 3 rings (SSSR count). The average Bonchev–Trinajstić information content (AvgIpc) is 2.80. The molecule has 2 N–H and O–H groups in total. The maximum atomic E-state index is 14.4. The van der Waals surface area contributed by atoms with Crippen LogP contribution in [0.5, 0.6) is 17.2 Å². The fourth-order valence-electron chi connectivity index (χ4n) is 2.94. The molecule has 11 heteroatoms. The number of hydrogen-bond acceptors (Lipinski definition) is 6. The molecule has 0 aromatic heterocycles. The zero-order valence-corrected chi connectivity index (χ0v) is 19.4. The number of benzene rings is 3. The number of halogens is 2. The molecule has 0 spiro atoms. The van der Waals surface area contributed by atoms with Crippen LogP contribution >= 0.6 is 11.6 Å². The average molecular weight is 495 g/mol. The van der Waals surface area contributed by atoms with Gasteiger partial charge in [-0.25, -0.2) is 12.8 Å². The van der Waals surface area contributed by atoms with Gasteiger partial charge in [-0.2, -0.15) is 0 Å². The van der Waals surface area contributed by atoms with Gasteiger partial charge < -0.3 is 19.5 Å². The normalized spacial score (nSPS) is 10.9. The molecule has 0 aliphatic heterocycles. The molecular weight excluding hydrogens is 475 g/mol. The first-order chi connectivity index (χ1) is 15.7. The predicted molar refractivity (Wildman–Crippen MR) is 123 cm³/mol. The number of rotatable bonds is 8. The van der Waals surface area contributed by atoms with Gasteiger partial charge in [-0.15, -0.1) is 0 Å². The number of ether oxygens (including phenoxy) is 3. The number of carbonyl (C=O) groups is 1. The summed E-state index contributed by atoms with van der Waals surface area (Å²) in [6.07, 6.45) is 0. The van der Waals surface area contributed by atoms with E-state index in [1.807, 2.05) is 0 Å². The van der Waals surface area contributed by atoms with Crippen molar-refractivity contribution in [2.75, 3.05) is 31.4 Å². The van der Waals surface area contributed by atoms with E-state index in [1.54, 1.807) is 0 Å². The summed E-state index contributed by atoms with van der Waals surface area (Å²) < 4.78 is 57.8. The molecule has 1 amide bonds. The minimum Gasteiger partial charge on any atom is -0.496 e. The van der Waals surface area contributed by atoms with Crippen LogP contribution in [0.1, 0.15) is 10.4 Å². The fraction of sp³-hybridized carbons (Fsp3) is 0.136. The standard InChI is InChI=1S/C22H20ClFN2O6S/c1-30-16-11-18(31-2)21(19(12-16)32-3)22(27)25-15-8-9-17(24)20(10-15)33(28,29)26-14-6-4-13(23)5-7-14/h4-12,26H,1-3H3,(H,25,27). The van der Waals surface area contributed by atoms with E-state index in [0.717, 1.165) is 12.1 Å². The quantitative estimate of drug-likeness (QED) is 0.476. The second-order valence-corrected chi connectivity index (χ2v) is 8.71. The van der Waals surface area contributed by atoms with Gasteiger partial charge in [0.2, 0.25) is 0 Å². The van der Waals surface area contributed by atoms with Gasteiger partial charge >= 0.3 is 0 Å². The van der Waals surface area contributed by atoms with Gasteiger partial charge in [-0.3, -0.25) is 9.52 Å². The summed E-state index contributed by atoms with van der Waals surface area (Å²) in [5, 5.41) is 2.96. The molecule has 3 aromatic rings. The van der Waals surface area contributed by atoms with Crippen LogP contribution in [0.4, 0.5) is 15.8 Å². The van der Waals surface area contributed by atoms with E-state index < -0.39 is 26.6 Å². The number of anilines is 2. The van der Waals surface area contributed by atoms with Gasteiger partial charge in [0.15, 0.2) is 0 Å². The van der Waals surface area contributed by atoms with Crippen LogP contribution in [0.15, 0.2) is 59.5 Å². The number of methoxy groups -OCH3 is 3. The van der Waals surface area contributed by atoms with Crippen molar-refractivity contribution in [3.8, 4) is 17.2 Å². The van der Waals surface area contributed by atoms with Gasteiger partial charge in [0.25, 0.3) is 15.9 Å². The van der Waals surface area contributed by atoms with Crippen molar-refractivity contribution in [2.45, 2.75) is 4.90 Å². The van der Waals surface area contributed by atoms with Crippen molar-refractivity contribution >= 4 is 38.9 Å². The molecule has 33 heavy (non-hydrogen) atoms. The summed E-state index contributed by atoms with van der Waals surface area (Å²) in [5.74, 6) is -0.907. The van der Waals surface area contributed by atoms with E-state index in [1.165, 1.54) is 63.8 Å². The Kier molecular flexibility index (Phi) is 7.29. The lowest BCUT2D eigenvalue weighted by Crippen LogP contribution is -2.17. The first kappa shape index (κ1) is 24.1. The molecule has 0 heterocycles. The number of amides is 1. The van der Waals surface area contributed by atoms with E-state index in [9.17, 15) is 17.6 Å². The molecule has 0 unspecified atom stereocenters. The summed E-state index contributed by atoms with van der Waals surface area (Å²) in [7, 11) is -0.107. The maximum Gasteiger partial charge on any atom is 0.264 e. The van der Waals surface area contributed by atoms with Crippen LogP contribution in [0.25, 0.3) is 0 Å². The number of hydrogen-bond donors (Lipinski definition) is 2. The Balaban J connectivity index is 1.93. The number of sulfonamides is 1. The van der Waals surface area contributed by atoms with Crippen molar-refractivity contribution in [2.24, 2.45) is 0 Å². The SMILES string of the molecule is COc1cc(OC)c(C(=O)Nc2ccc(F)c(S(=O)(=O)Nc3ccc(Cl)cc3)c2)c(OC)c1. The topological polar surface area (TPSA) is 103 Å². The first-order valence-electron chi connectivity index (χ1n) is 9.37. The summed E-state index contributed by atoms with van der Waals surface area (Å²) >= 11 is 5.80. The minimum absolute atomic E-state index is 0.0396. The van der Waals surface area contributed by atoms with Crippen LogP contribution in [0.3, 0.4) is 0 Å². The number of nitrogens with one attached hydrogen (secondary N) is 2. The molecule has 8 nitrogen and oxygen atoms in total. The minimum atomic E-state index is -4.30. The van der Waals surface area contributed by atoms with E-state index >= 15 is 0 Å². The van der Waals surface area contributed by atoms with Gasteiger partial charge in [-0.05, 0) is 42.5 Å². The molecule has 0 fully saturated rings. The van der Waals surface area contributed by atoms with E-state index in [2.05, 4.69) is 10.0 Å². The Morgan fingerprint density at radius 2 is 1.45 bits per heavy atom. The molecule has 3 aromatic carbocycles. The molecule has 0 aliphatic carbocycles. The summed E-state index contributed by atoms with van der Waals surface area (Å²) in [6.45, 7) is 0. The summed E-state index contributed by atoms with van der Waals surface area (Å²) in [4.78, 5) is 12.3. The van der Waals surface area contributed by atoms with E-state index in [-0.39, 0.29) is 28.4 Å². The van der Waals surface area contributed by atoms with Crippen molar-refractivity contribution in [1.82, 2.24) is 0 Å². The van der Waals surface area contributed by atoms with Crippen molar-refractivity contribution in [3.63, 3.8) is 0 Å². The van der Waals surface area contributed by atoms with Crippen LogP contribution in [-0.4, -0.2) is 35.7 Å². The van der Waals surface area contributed by atoms with E-state index in [0.29, 0.717) is 10.8 Å². The first-order valence-corrected chi connectivity index (χ1v) is 11.2. The third-order valence-electron chi connectivity index (χ3n) is 4.52. The largest absolute Gasteiger partial charge is 0.496 e. The summed E-state index contributed by atoms with van der Waals surface area (Å²) in [6, 6.07) is 12.0. The Hall–Kier alpha value is -3.50. The molecule has 0 bridgehead atoms. The Morgan fingerprint density at radius 3 is 2.00 bits per heavy atom. The van der Waals surface area contributed by atoms with Crippen molar-refractivity contribution in [3.05, 3.63) is 71.0 Å². The van der Waals surface area contributed by atoms with Gasteiger partial charge in [0.1, 0.15) is 33.5 Å². The lowest BCUT2D eigenvalue weighted by molar-refractivity contribution is 0.102. The van der Waals surface area contributed by atoms with Crippen LogP contribution in [-0.2, 0) is 10.0 Å². The third kappa shape index (κ3) is 5.47. The lowest BCUT2D eigenvalue weighted by Gasteiger charge is -2.15. The highest BCUT2D eigenvalue weighted by molar-refractivity contribution is 7.92. The van der Waals surface area contributed by atoms with Crippen molar-refractivity contribution < 1.29 is 31.8 Å². The molecule has 0 saturated carbocycles. The highest BCUT2D eigenvalue weighted by Crippen LogP contribution is 2.35. The van der Waals surface area contributed by atoms with Crippen molar-refractivity contribution in [1.29, 1.82) is 0 Å².